The third kappa shape index (κ3) is 2.63. The van der Waals surface area contributed by atoms with Crippen molar-refractivity contribution in [3.05, 3.63) is 64.7 Å². The van der Waals surface area contributed by atoms with E-state index >= 15 is 0 Å². The molecule has 0 saturated carbocycles. The van der Waals surface area contributed by atoms with Crippen molar-refractivity contribution in [1.82, 2.24) is 14.4 Å². The summed E-state index contributed by atoms with van der Waals surface area (Å²) in [5.74, 6) is 0.0509. The zero-order chi connectivity index (χ0) is 15.3. The van der Waals surface area contributed by atoms with Crippen LogP contribution in [0.1, 0.15) is 5.56 Å². The van der Waals surface area contributed by atoms with Gasteiger partial charge in [0.15, 0.2) is 0 Å². The first-order valence-corrected chi connectivity index (χ1v) is 6.65. The summed E-state index contributed by atoms with van der Waals surface area (Å²) in [5, 5.41) is 0.636. The van der Waals surface area contributed by atoms with Crippen molar-refractivity contribution in [2.75, 3.05) is 0 Å². The Morgan fingerprint density at radius 1 is 1.22 bits per heavy atom. The first kappa shape index (κ1) is 15.4. The number of nitrogens with zero attached hydrogens (tertiary/aromatic N) is 3. The number of hydrogen-bond donors (Lipinski definition) is 0. The van der Waals surface area contributed by atoms with Crippen LogP contribution in [0.25, 0.3) is 28.0 Å². The van der Waals surface area contributed by atoms with E-state index in [1.54, 1.807) is 28.9 Å². The minimum Gasteiger partial charge on any atom is -0.422 e. The lowest BCUT2D eigenvalue weighted by molar-refractivity contribution is 0.556. The van der Waals surface area contributed by atoms with Crippen LogP contribution in [0.3, 0.4) is 0 Å². The Morgan fingerprint density at radius 3 is 2.87 bits per heavy atom. The van der Waals surface area contributed by atoms with E-state index in [2.05, 4.69) is 9.97 Å². The Bertz CT molecular complexity index is 1090. The van der Waals surface area contributed by atoms with Crippen molar-refractivity contribution in [2.45, 2.75) is 6.92 Å². The number of hydrogen-bond acceptors (Lipinski definition) is 4. The van der Waals surface area contributed by atoms with Crippen LogP contribution in [0, 0.1) is 12.7 Å². The Balaban J connectivity index is 0.00000156. The summed E-state index contributed by atoms with van der Waals surface area (Å²) in [6.45, 7) is 1.92. The Hall–Kier alpha value is -2.54. The monoisotopic (exact) mass is 375 g/mol. The standard InChI is InChI=1S/C16H10FN3O2.BrH/c1-9-6-18-16-19-13(8-20(16)7-9)12-4-10-2-3-11(17)5-14(10)22-15(12)21;/h2-8H,1H3;1H. The van der Waals surface area contributed by atoms with Gasteiger partial charge in [-0.25, -0.2) is 19.2 Å². The van der Waals surface area contributed by atoms with Gasteiger partial charge in [0.2, 0.25) is 5.78 Å². The van der Waals surface area contributed by atoms with Gasteiger partial charge in [-0.15, -0.1) is 17.0 Å². The smallest absolute Gasteiger partial charge is 0.345 e. The summed E-state index contributed by atoms with van der Waals surface area (Å²) in [6, 6.07) is 5.72. The van der Waals surface area contributed by atoms with Gasteiger partial charge in [0.25, 0.3) is 0 Å². The van der Waals surface area contributed by atoms with E-state index in [1.807, 2.05) is 13.1 Å². The van der Waals surface area contributed by atoms with Gasteiger partial charge in [-0.3, -0.25) is 4.40 Å². The molecule has 0 spiro atoms. The van der Waals surface area contributed by atoms with Crippen LogP contribution in [-0.4, -0.2) is 14.4 Å². The van der Waals surface area contributed by atoms with E-state index in [0.717, 1.165) is 5.56 Å². The van der Waals surface area contributed by atoms with Crippen molar-refractivity contribution in [1.29, 1.82) is 0 Å². The SMILES string of the molecule is Br.Cc1cnc2nc(-c3cc4ccc(F)cc4oc3=O)cn2c1. The molecule has 0 amide bonds. The van der Waals surface area contributed by atoms with E-state index in [1.165, 1.54) is 12.1 Å². The molecule has 0 unspecified atom stereocenters. The molecule has 0 aliphatic heterocycles. The second-order valence-corrected chi connectivity index (χ2v) is 5.09. The van der Waals surface area contributed by atoms with Crippen LogP contribution in [-0.2, 0) is 0 Å². The first-order chi connectivity index (χ1) is 10.6. The van der Waals surface area contributed by atoms with Crippen molar-refractivity contribution < 1.29 is 8.81 Å². The second-order valence-electron chi connectivity index (χ2n) is 5.09. The van der Waals surface area contributed by atoms with Gasteiger partial charge in [-0.1, -0.05) is 0 Å². The molecule has 1 aromatic carbocycles. The molecular formula is C16H11BrFN3O2. The van der Waals surface area contributed by atoms with E-state index in [0.29, 0.717) is 22.4 Å². The number of fused-ring (bicyclic) bond motifs is 2. The highest BCUT2D eigenvalue weighted by Crippen LogP contribution is 2.21. The van der Waals surface area contributed by atoms with Crippen LogP contribution in [0.5, 0.6) is 0 Å². The lowest BCUT2D eigenvalue weighted by Gasteiger charge is -1.99. The fraction of sp³-hybridized carbons (Fsp3) is 0.0625. The molecular weight excluding hydrogens is 365 g/mol. The highest BCUT2D eigenvalue weighted by molar-refractivity contribution is 8.93. The zero-order valence-electron chi connectivity index (χ0n) is 12.0. The topological polar surface area (TPSA) is 60.4 Å². The number of rotatable bonds is 1. The van der Waals surface area contributed by atoms with E-state index in [9.17, 15) is 9.18 Å². The average Bonchev–Trinajstić information content (AvgIpc) is 2.89. The Kier molecular flexibility index (Phi) is 3.73. The van der Waals surface area contributed by atoms with Crippen LogP contribution in [0.15, 0.2) is 52.1 Å². The number of aromatic nitrogens is 3. The summed E-state index contributed by atoms with van der Waals surface area (Å²) >= 11 is 0. The molecule has 4 aromatic rings. The summed E-state index contributed by atoms with van der Waals surface area (Å²) < 4.78 is 20.1. The van der Waals surface area contributed by atoms with Crippen LogP contribution in [0.2, 0.25) is 0 Å². The van der Waals surface area contributed by atoms with Crippen molar-refractivity contribution in [3.63, 3.8) is 0 Å². The fourth-order valence-electron chi connectivity index (χ4n) is 2.38. The zero-order valence-corrected chi connectivity index (χ0v) is 13.7. The minimum atomic E-state index is -0.557. The summed E-state index contributed by atoms with van der Waals surface area (Å²) in [4.78, 5) is 20.7. The van der Waals surface area contributed by atoms with E-state index in [4.69, 9.17) is 4.42 Å². The Labute approximate surface area is 140 Å². The summed E-state index contributed by atoms with van der Waals surface area (Å²) in [6.07, 6.45) is 5.30. The second kappa shape index (κ2) is 5.58. The van der Waals surface area contributed by atoms with Gasteiger partial charge < -0.3 is 4.42 Å². The molecule has 3 heterocycles. The molecule has 0 radical (unpaired) electrons. The average molecular weight is 376 g/mol. The molecule has 116 valence electrons. The van der Waals surface area contributed by atoms with Crippen molar-refractivity contribution in [3.8, 4) is 11.3 Å². The van der Waals surface area contributed by atoms with Crippen LogP contribution in [0.4, 0.5) is 4.39 Å². The molecule has 0 aliphatic carbocycles. The Morgan fingerprint density at radius 2 is 2.04 bits per heavy atom. The maximum absolute atomic E-state index is 13.2. The molecule has 7 heteroatoms. The molecule has 0 atom stereocenters. The molecule has 0 N–H and O–H groups in total. The van der Waals surface area contributed by atoms with Crippen molar-refractivity contribution in [2.24, 2.45) is 0 Å². The van der Waals surface area contributed by atoms with Crippen LogP contribution < -0.4 is 5.63 Å². The molecule has 0 bridgehead atoms. The number of halogens is 2. The van der Waals surface area contributed by atoms with Crippen LogP contribution >= 0.6 is 17.0 Å². The minimum absolute atomic E-state index is 0. The molecule has 4 rings (SSSR count). The first-order valence-electron chi connectivity index (χ1n) is 6.65. The molecule has 23 heavy (non-hydrogen) atoms. The lowest BCUT2D eigenvalue weighted by atomic mass is 10.1. The largest absolute Gasteiger partial charge is 0.422 e. The number of imidazole rings is 1. The van der Waals surface area contributed by atoms with Gasteiger partial charge in [0.05, 0.1) is 11.3 Å². The molecule has 3 aromatic heterocycles. The maximum Gasteiger partial charge on any atom is 0.345 e. The van der Waals surface area contributed by atoms with Crippen molar-refractivity contribution >= 4 is 33.7 Å². The van der Waals surface area contributed by atoms with Gasteiger partial charge in [-0.2, -0.15) is 0 Å². The number of benzene rings is 1. The van der Waals surface area contributed by atoms with E-state index < -0.39 is 11.4 Å². The number of aryl methyl sites for hydroxylation is 1. The lowest BCUT2D eigenvalue weighted by Crippen LogP contribution is -2.02. The van der Waals surface area contributed by atoms with Gasteiger partial charge in [0.1, 0.15) is 11.4 Å². The quantitative estimate of drug-likeness (QED) is 0.477. The molecule has 0 fully saturated rings. The van der Waals surface area contributed by atoms with Gasteiger partial charge in [-0.05, 0) is 30.7 Å². The molecule has 0 saturated heterocycles. The van der Waals surface area contributed by atoms with Gasteiger partial charge >= 0.3 is 5.63 Å². The normalized spacial score (nSPS) is 10.9. The third-order valence-electron chi connectivity index (χ3n) is 3.41. The highest BCUT2D eigenvalue weighted by atomic mass is 79.9. The summed E-state index contributed by atoms with van der Waals surface area (Å²) in [5.41, 5.74) is 1.43. The predicted octanol–water partition coefficient (Wildman–Crippen LogP) is 3.53. The van der Waals surface area contributed by atoms with E-state index in [-0.39, 0.29) is 22.6 Å². The summed E-state index contributed by atoms with van der Waals surface area (Å²) in [7, 11) is 0. The third-order valence-corrected chi connectivity index (χ3v) is 3.41. The maximum atomic E-state index is 13.2. The molecule has 5 nitrogen and oxygen atoms in total. The highest BCUT2D eigenvalue weighted by Gasteiger charge is 2.12. The van der Waals surface area contributed by atoms with Gasteiger partial charge in [0, 0.05) is 30.0 Å². The fourth-order valence-corrected chi connectivity index (χ4v) is 2.38. The molecule has 0 aliphatic rings. The predicted molar refractivity (Wildman–Crippen MR) is 89.5 cm³/mol.